The lowest BCUT2D eigenvalue weighted by Gasteiger charge is -2.46. The zero-order valence-electron chi connectivity index (χ0n) is 18.5. The molecule has 1 N–H and O–H groups in total. The number of amidine groups is 1. The maximum Gasteiger partial charge on any atom is 0.346 e. The first-order chi connectivity index (χ1) is 15.1. The van der Waals surface area contributed by atoms with Crippen LogP contribution in [0.3, 0.4) is 0 Å². The second-order valence-electron chi connectivity index (χ2n) is 9.24. The summed E-state index contributed by atoms with van der Waals surface area (Å²) in [5.41, 5.74) is 1.11. The summed E-state index contributed by atoms with van der Waals surface area (Å²) in [5, 5.41) is 3.75. The zero-order chi connectivity index (χ0) is 21.7. The molecular weight excluding hydrogens is 499 g/mol. The van der Waals surface area contributed by atoms with E-state index >= 15 is 0 Å². The Kier molecular flexibility index (Phi) is 7.69. The number of hydrogen-bond acceptors (Lipinski definition) is 3. The van der Waals surface area contributed by atoms with Gasteiger partial charge in [-0.25, -0.2) is 4.79 Å². The van der Waals surface area contributed by atoms with Crippen molar-refractivity contribution in [3.63, 3.8) is 0 Å². The van der Waals surface area contributed by atoms with Gasteiger partial charge in [0.1, 0.15) is 11.4 Å². The third-order valence-electron chi connectivity index (χ3n) is 7.11. The van der Waals surface area contributed by atoms with Crippen molar-refractivity contribution >= 4 is 34.5 Å². The largest absolute Gasteiger partial charge is 0.369 e. The average molecular weight is 534 g/mol. The van der Waals surface area contributed by atoms with Gasteiger partial charge in [-0.05, 0) is 78.8 Å². The number of carbonyl (C=O) groups is 1. The Balaban J connectivity index is 1.47. The van der Waals surface area contributed by atoms with E-state index in [0.717, 1.165) is 57.7 Å². The lowest BCUT2D eigenvalue weighted by molar-refractivity contribution is 0.0948. The highest BCUT2D eigenvalue weighted by Crippen LogP contribution is 2.36. The molecule has 1 spiro atoms. The molecule has 1 aromatic rings. The first-order valence-corrected chi connectivity index (χ1v) is 12.9. The van der Waals surface area contributed by atoms with E-state index in [4.69, 9.17) is 0 Å². The monoisotopic (exact) mass is 534 g/mol. The van der Waals surface area contributed by atoms with Crippen LogP contribution in [0.2, 0.25) is 0 Å². The molecule has 0 atom stereocenters. The van der Waals surface area contributed by atoms with Gasteiger partial charge in [-0.2, -0.15) is 4.99 Å². The topological polar surface area (TPSA) is 47.9 Å². The fraction of sp³-hybridized carbons (Fsp3) is 0.600. The van der Waals surface area contributed by atoms with Gasteiger partial charge in [0.25, 0.3) is 0 Å². The van der Waals surface area contributed by atoms with Crippen molar-refractivity contribution in [3.8, 4) is 0 Å². The molecule has 6 heteroatoms. The normalized spacial score (nSPS) is 22.0. The molecule has 1 saturated heterocycles. The number of aliphatic imine (C=N–C) groups is 1. The van der Waals surface area contributed by atoms with Crippen LogP contribution < -0.4 is 5.32 Å². The summed E-state index contributed by atoms with van der Waals surface area (Å²) in [5.74, 6) is 0.955. The molecule has 1 aliphatic carbocycles. The highest BCUT2D eigenvalue weighted by molar-refractivity contribution is 14.1. The summed E-state index contributed by atoms with van der Waals surface area (Å²) in [4.78, 5) is 22.2. The number of urea groups is 1. The SMILES string of the molecule is C=CCCCN1C(=O)N=C(NC2CCCCC2)C12CCN(Cc1cccc(I)c1)CC2. The number of halogens is 1. The van der Waals surface area contributed by atoms with E-state index in [-0.39, 0.29) is 11.6 Å². The number of amides is 2. The Labute approximate surface area is 200 Å². The van der Waals surface area contributed by atoms with Gasteiger partial charge in [0.05, 0.1) is 0 Å². The van der Waals surface area contributed by atoms with E-state index in [2.05, 4.69) is 73.5 Å². The minimum Gasteiger partial charge on any atom is -0.369 e. The summed E-state index contributed by atoms with van der Waals surface area (Å²) in [6.45, 7) is 7.56. The van der Waals surface area contributed by atoms with Crippen LogP contribution in [0.25, 0.3) is 0 Å². The van der Waals surface area contributed by atoms with Crippen LogP contribution in [0.4, 0.5) is 4.79 Å². The van der Waals surface area contributed by atoms with Crippen LogP contribution in [-0.4, -0.2) is 52.9 Å². The van der Waals surface area contributed by atoms with Crippen molar-refractivity contribution in [1.82, 2.24) is 15.1 Å². The maximum atomic E-state index is 13.0. The molecule has 3 aliphatic rings. The van der Waals surface area contributed by atoms with Crippen LogP contribution in [0.5, 0.6) is 0 Å². The predicted molar refractivity (Wildman–Crippen MR) is 135 cm³/mol. The van der Waals surface area contributed by atoms with E-state index in [0.29, 0.717) is 6.04 Å². The van der Waals surface area contributed by atoms with Crippen LogP contribution >= 0.6 is 22.6 Å². The minimum atomic E-state index is -0.253. The van der Waals surface area contributed by atoms with E-state index in [1.807, 2.05) is 6.08 Å². The molecule has 2 heterocycles. The molecule has 1 aromatic carbocycles. The maximum absolute atomic E-state index is 13.0. The average Bonchev–Trinajstić information content (AvgIpc) is 3.01. The third-order valence-corrected chi connectivity index (χ3v) is 7.78. The van der Waals surface area contributed by atoms with Crippen LogP contribution in [0, 0.1) is 3.57 Å². The van der Waals surface area contributed by atoms with Gasteiger partial charge in [0.15, 0.2) is 0 Å². The Bertz CT molecular complexity index is 809. The van der Waals surface area contributed by atoms with Crippen molar-refractivity contribution in [2.75, 3.05) is 19.6 Å². The van der Waals surface area contributed by atoms with Gasteiger partial charge in [0.2, 0.25) is 0 Å². The molecule has 4 rings (SSSR count). The molecular formula is C25H35IN4O. The van der Waals surface area contributed by atoms with Crippen LogP contribution in [-0.2, 0) is 6.54 Å². The molecule has 0 radical (unpaired) electrons. The van der Waals surface area contributed by atoms with Crippen molar-refractivity contribution in [2.24, 2.45) is 4.99 Å². The number of unbranched alkanes of at least 4 members (excludes halogenated alkanes) is 1. The second-order valence-corrected chi connectivity index (χ2v) is 10.5. The lowest BCUT2D eigenvalue weighted by Crippen LogP contribution is -2.61. The fourth-order valence-corrected chi connectivity index (χ4v) is 5.97. The summed E-state index contributed by atoms with van der Waals surface area (Å²) in [6.07, 6.45) is 12.0. The zero-order valence-corrected chi connectivity index (χ0v) is 20.6. The van der Waals surface area contributed by atoms with Gasteiger partial charge in [-0.1, -0.05) is 37.5 Å². The highest BCUT2D eigenvalue weighted by Gasteiger charge is 2.51. The first-order valence-electron chi connectivity index (χ1n) is 11.9. The van der Waals surface area contributed by atoms with Crippen LogP contribution in [0.15, 0.2) is 41.9 Å². The molecule has 2 amide bonds. The van der Waals surface area contributed by atoms with Crippen molar-refractivity contribution in [3.05, 3.63) is 46.1 Å². The van der Waals surface area contributed by atoms with Gasteiger partial charge >= 0.3 is 6.03 Å². The molecule has 0 aromatic heterocycles. The van der Waals surface area contributed by atoms with E-state index in [1.165, 1.54) is 41.2 Å². The number of nitrogens with zero attached hydrogens (tertiary/aromatic N) is 3. The molecule has 168 valence electrons. The number of carbonyl (C=O) groups excluding carboxylic acids is 1. The van der Waals surface area contributed by atoms with E-state index in [1.54, 1.807) is 0 Å². The smallest absolute Gasteiger partial charge is 0.346 e. The fourth-order valence-electron chi connectivity index (χ4n) is 5.36. The summed E-state index contributed by atoms with van der Waals surface area (Å²) >= 11 is 2.38. The number of piperidine rings is 1. The van der Waals surface area contributed by atoms with E-state index < -0.39 is 0 Å². The van der Waals surface area contributed by atoms with Crippen molar-refractivity contribution < 1.29 is 4.79 Å². The number of nitrogens with one attached hydrogen (secondary N) is 1. The molecule has 2 aliphatic heterocycles. The van der Waals surface area contributed by atoms with Gasteiger partial charge in [-0.3, -0.25) is 4.90 Å². The standard InChI is InChI=1S/C25H35IN4O/c1-2-3-7-15-30-24(31)28-23(27-22-11-5-4-6-12-22)25(30)13-16-29(17-14-25)19-20-9-8-10-21(26)18-20/h2,8-10,18,22H,1,3-7,11-17,19H2,(H,27,28,31). The summed E-state index contributed by atoms with van der Waals surface area (Å²) < 4.78 is 1.28. The Morgan fingerprint density at radius 3 is 2.71 bits per heavy atom. The number of benzene rings is 1. The van der Waals surface area contributed by atoms with Gasteiger partial charge in [0, 0.05) is 35.8 Å². The number of allylic oxidation sites excluding steroid dienone is 1. The van der Waals surface area contributed by atoms with Gasteiger partial charge in [-0.15, -0.1) is 6.58 Å². The highest BCUT2D eigenvalue weighted by atomic mass is 127. The molecule has 1 saturated carbocycles. The summed E-state index contributed by atoms with van der Waals surface area (Å²) in [7, 11) is 0. The first kappa shape index (κ1) is 22.8. The second kappa shape index (κ2) is 10.5. The summed E-state index contributed by atoms with van der Waals surface area (Å²) in [6, 6.07) is 9.18. The van der Waals surface area contributed by atoms with Crippen LogP contribution in [0.1, 0.15) is 63.4 Å². The lowest BCUT2D eigenvalue weighted by atomic mass is 9.83. The minimum absolute atomic E-state index is 0.0477. The predicted octanol–water partition coefficient (Wildman–Crippen LogP) is 5.35. The Morgan fingerprint density at radius 2 is 2.00 bits per heavy atom. The number of hydrogen-bond donors (Lipinski definition) is 1. The van der Waals surface area contributed by atoms with Crippen molar-refractivity contribution in [2.45, 2.75) is 75.9 Å². The van der Waals surface area contributed by atoms with E-state index in [9.17, 15) is 4.79 Å². The quantitative estimate of drug-likeness (QED) is 0.292. The molecule has 31 heavy (non-hydrogen) atoms. The Hall–Kier alpha value is -1.41. The van der Waals surface area contributed by atoms with Crippen molar-refractivity contribution in [1.29, 1.82) is 0 Å². The molecule has 5 nitrogen and oxygen atoms in total. The molecule has 2 fully saturated rings. The Morgan fingerprint density at radius 1 is 1.23 bits per heavy atom. The molecule has 0 bridgehead atoms. The third kappa shape index (κ3) is 5.33. The van der Waals surface area contributed by atoms with Gasteiger partial charge < -0.3 is 10.2 Å². The number of likely N-dealkylation sites (tertiary alicyclic amines) is 1. The molecule has 0 unspecified atom stereocenters. The number of rotatable bonds is 7.